The van der Waals surface area contributed by atoms with Crippen LogP contribution in [0, 0.1) is 0 Å². The maximum atomic E-state index is 2.41. The average molecular weight is 397 g/mol. The minimum Gasteiger partial charge on any atom is -0.367 e. The summed E-state index contributed by atoms with van der Waals surface area (Å²) >= 11 is 0. The van der Waals surface area contributed by atoms with Gasteiger partial charge in [0.1, 0.15) is 0 Å². The van der Waals surface area contributed by atoms with Crippen LogP contribution < -0.4 is 9.80 Å². The normalized spacial score (nSPS) is 17.3. The van der Waals surface area contributed by atoms with Gasteiger partial charge in [-0.15, -0.1) is 0 Å². The molecule has 30 heavy (non-hydrogen) atoms. The molecule has 2 nitrogen and oxygen atoms in total. The Labute approximate surface area is 181 Å². The van der Waals surface area contributed by atoms with Crippen LogP contribution in [0.2, 0.25) is 0 Å². The molecule has 0 aromatic heterocycles. The van der Waals surface area contributed by atoms with Gasteiger partial charge in [0.05, 0.1) is 6.04 Å². The molecule has 0 bridgehead atoms. The Morgan fingerprint density at radius 3 is 2.23 bits per heavy atom. The van der Waals surface area contributed by atoms with Crippen LogP contribution in [-0.2, 0) is 12.0 Å². The van der Waals surface area contributed by atoms with Crippen molar-refractivity contribution in [2.75, 3.05) is 23.4 Å². The first-order valence-corrected chi connectivity index (χ1v) is 10.9. The van der Waals surface area contributed by atoms with Gasteiger partial charge in [0.2, 0.25) is 0 Å². The largest absolute Gasteiger partial charge is 0.367 e. The van der Waals surface area contributed by atoms with Crippen molar-refractivity contribution in [1.29, 1.82) is 0 Å². The number of para-hydroxylation sites is 1. The molecule has 0 spiro atoms. The van der Waals surface area contributed by atoms with Gasteiger partial charge in [-0.3, -0.25) is 0 Å². The maximum Gasteiger partial charge on any atom is 0.0565 e. The van der Waals surface area contributed by atoms with E-state index in [0.29, 0.717) is 6.04 Å². The van der Waals surface area contributed by atoms with Crippen molar-refractivity contribution in [1.82, 2.24) is 0 Å². The number of likely N-dealkylation sites (N-methyl/N-ethyl adjacent to an activating group) is 1. The lowest BCUT2D eigenvalue weighted by molar-refractivity contribution is 0.489. The predicted molar refractivity (Wildman–Crippen MR) is 130 cm³/mol. The van der Waals surface area contributed by atoms with Gasteiger partial charge >= 0.3 is 0 Å². The molecular weight excluding hydrogens is 364 g/mol. The molecule has 1 atom stereocenters. The standard InChI is InChI=1S/C28H32N2/c1-5-30(21-23-11-7-6-8-12-23)24-18-15-22(16-19-24)17-20-27-28(2,3)25-13-9-10-14-26(25)29(27)4/h6-20,27H,5,21H2,1-4H3. The molecule has 1 aliphatic rings. The zero-order valence-corrected chi connectivity index (χ0v) is 18.5. The Morgan fingerprint density at radius 2 is 1.57 bits per heavy atom. The molecule has 1 heterocycles. The van der Waals surface area contributed by atoms with E-state index in [9.17, 15) is 0 Å². The summed E-state index contributed by atoms with van der Waals surface area (Å²) < 4.78 is 0. The van der Waals surface area contributed by atoms with Gasteiger partial charge in [-0.2, -0.15) is 0 Å². The van der Waals surface area contributed by atoms with Gasteiger partial charge in [0, 0.05) is 36.9 Å². The number of hydrogen-bond acceptors (Lipinski definition) is 2. The van der Waals surface area contributed by atoms with Gasteiger partial charge in [0.15, 0.2) is 0 Å². The van der Waals surface area contributed by atoms with Gasteiger partial charge in [-0.25, -0.2) is 0 Å². The number of nitrogens with zero attached hydrogens (tertiary/aromatic N) is 2. The summed E-state index contributed by atoms with van der Waals surface area (Å²) in [6.07, 6.45) is 4.63. The molecule has 0 amide bonds. The molecule has 0 fully saturated rings. The summed E-state index contributed by atoms with van der Waals surface area (Å²) in [6.45, 7) is 8.83. The van der Waals surface area contributed by atoms with Crippen LogP contribution in [0.1, 0.15) is 37.5 Å². The third kappa shape index (κ3) is 3.87. The van der Waals surface area contributed by atoms with E-state index in [1.54, 1.807) is 0 Å². The monoisotopic (exact) mass is 396 g/mol. The first kappa shape index (κ1) is 20.3. The van der Waals surface area contributed by atoms with E-state index in [4.69, 9.17) is 0 Å². The Morgan fingerprint density at radius 1 is 0.900 bits per heavy atom. The predicted octanol–water partition coefficient (Wildman–Crippen LogP) is 6.52. The quantitative estimate of drug-likeness (QED) is 0.468. The maximum absolute atomic E-state index is 2.41. The van der Waals surface area contributed by atoms with E-state index >= 15 is 0 Å². The second-order valence-electron chi connectivity index (χ2n) is 8.75. The van der Waals surface area contributed by atoms with E-state index in [0.717, 1.165) is 13.1 Å². The Bertz CT molecular complexity index is 1000. The first-order valence-electron chi connectivity index (χ1n) is 10.9. The molecule has 0 N–H and O–H groups in total. The fraction of sp³-hybridized carbons (Fsp3) is 0.286. The number of benzene rings is 3. The summed E-state index contributed by atoms with van der Waals surface area (Å²) in [5.74, 6) is 0. The molecule has 2 heteroatoms. The lowest BCUT2D eigenvalue weighted by atomic mass is 9.80. The zero-order valence-electron chi connectivity index (χ0n) is 18.5. The average Bonchev–Trinajstić information content (AvgIpc) is 2.97. The molecule has 0 radical (unpaired) electrons. The molecule has 0 saturated carbocycles. The molecular formula is C28H32N2. The van der Waals surface area contributed by atoms with Crippen molar-refractivity contribution >= 4 is 17.5 Å². The SMILES string of the molecule is CCN(Cc1ccccc1)c1ccc(C=CC2N(C)c3ccccc3C2(C)C)cc1. The van der Waals surface area contributed by atoms with Crippen LogP contribution in [0.3, 0.4) is 0 Å². The van der Waals surface area contributed by atoms with Crippen molar-refractivity contribution in [3.05, 3.63) is 102 Å². The highest BCUT2D eigenvalue weighted by Gasteiger charge is 2.41. The van der Waals surface area contributed by atoms with Crippen LogP contribution in [-0.4, -0.2) is 19.6 Å². The number of fused-ring (bicyclic) bond motifs is 1. The molecule has 1 unspecified atom stereocenters. The minimum atomic E-state index is 0.0937. The van der Waals surface area contributed by atoms with Crippen molar-refractivity contribution in [3.8, 4) is 0 Å². The smallest absolute Gasteiger partial charge is 0.0565 e. The fourth-order valence-electron chi connectivity index (χ4n) is 4.68. The second kappa shape index (κ2) is 8.39. The second-order valence-corrected chi connectivity index (χ2v) is 8.75. The van der Waals surface area contributed by atoms with Gasteiger partial charge < -0.3 is 9.80 Å². The summed E-state index contributed by atoms with van der Waals surface area (Å²) in [7, 11) is 2.20. The fourth-order valence-corrected chi connectivity index (χ4v) is 4.68. The molecule has 3 aromatic rings. The van der Waals surface area contributed by atoms with Gasteiger partial charge in [0.25, 0.3) is 0 Å². The van der Waals surface area contributed by atoms with E-state index in [2.05, 4.69) is 129 Å². The Kier molecular flexibility index (Phi) is 5.67. The highest BCUT2D eigenvalue weighted by Crippen LogP contribution is 2.44. The Balaban J connectivity index is 1.49. The third-order valence-electron chi connectivity index (χ3n) is 6.46. The highest BCUT2D eigenvalue weighted by atomic mass is 15.2. The molecule has 0 saturated heterocycles. The number of anilines is 2. The van der Waals surface area contributed by atoms with Crippen molar-refractivity contribution in [2.45, 2.75) is 38.8 Å². The molecule has 1 aliphatic heterocycles. The molecule has 3 aromatic carbocycles. The molecule has 4 rings (SSSR count). The van der Waals surface area contributed by atoms with E-state index in [1.807, 2.05) is 0 Å². The first-order chi connectivity index (χ1) is 14.5. The summed E-state index contributed by atoms with van der Waals surface area (Å²) in [4.78, 5) is 4.81. The summed E-state index contributed by atoms with van der Waals surface area (Å²) in [5.41, 5.74) is 6.72. The third-order valence-corrected chi connectivity index (χ3v) is 6.46. The van der Waals surface area contributed by atoms with Crippen LogP contribution in [0.15, 0.2) is 84.9 Å². The van der Waals surface area contributed by atoms with Crippen LogP contribution in [0.4, 0.5) is 11.4 Å². The molecule has 154 valence electrons. The lowest BCUT2D eigenvalue weighted by Gasteiger charge is -2.29. The minimum absolute atomic E-state index is 0.0937. The Hall–Kier alpha value is -3.00. The van der Waals surface area contributed by atoms with Crippen LogP contribution >= 0.6 is 0 Å². The summed E-state index contributed by atoms with van der Waals surface area (Å²) in [5, 5.41) is 0. The highest BCUT2D eigenvalue weighted by molar-refractivity contribution is 5.66. The van der Waals surface area contributed by atoms with Gasteiger partial charge in [-0.1, -0.05) is 86.7 Å². The topological polar surface area (TPSA) is 6.48 Å². The van der Waals surface area contributed by atoms with Crippen molar-refractivity contribution in [2.24, 2.45) is 0 Å². The van der Waals surface area contributed by atoms with E-state index < -0.39 is 0 Å². The van der Waals surface area contributed by atoms with Crippen LogP contribution in [0.25, 0.3) is 6.08 Å². The number of rotatable bonds is 6. The summed E-state index contributed by atoms with van der Waals surface area (Å²) in [6, 6.07) is 28.7. The van der Waals surface area contributed by atoms with Crippen molar-refractivity contribution < 1.29 is 0 Å². The number of hydrogen-bond donors (Lipinski definition) is 0. The lowest BCUT2D eigenvalue weighted by Crippen LogP contribution is -2.37. The van der Waals surface area contributed by atoms with Crippen molar-refractivity contribution in [3.63, 3.8) is 0 Å². The van der Waals surface area contributed by atoms with Gasteiger partial charge in [-0.05, 0) is 41.8 Å². The van der Waals surface area contributed by atoms with E-state index in [1.165, 1.54) is 28.1 Å². The zero-order chi connectivity index (χ0) is 21.1. The van der Waals surface area contributed by atoms with Crippen LogP contribution in [0.5, 0.6) is 0 Å². The molecule has 0 aliphatic carbocycles. The van der Waals surface area contributed by atoms with E-state index in [-0.39, 0.29) is 5.41 Å².